The fraction of sp³-hybridized carbons (Fsp3) is 0.333. The second-order valence-electron chi connectivity index (χ2n) is 5.27. The highest BCUT2D eigenvalue weighted by molar-refractivity contribution is 5.96. The van der Waals surface area contributed by atoms with E-state index in [1.807, 2.05) is 44.2 Å². The lowest BCUT2D eigenvalue weighted by atomic mass is 10.0. The van der Waals surface area contributed by atoms with Crippen LogP contribution in [0.3, 0.4) is 0 Å². The molecule has 0 saturated carbocycles. The zero-order chi connectivity index (χ0) is 15.9. The van der Waals surface area contributed by atoms with Gasteiger partial charge in [-0.15, -0.1) is 0 Å². The van der Waals surface area contributed by atoms with E-state index in [0.29, 0.717) is 0 Å². The Morgan fingerprint density at radius 3 is 2.55 bits per heavy atom. The molecule has 0 aliphatic heterocycles. The maximum absolute atomic E-state index is 12.2. The van der Waals surface area contributed by atoms with Gasteiger partial charge in [0, 0.05) is 0 Å². The number of hydrogen-bond donors (Lipinski definition) is 3. The van der Waals surface area contributed by atoms with Crippen LogP contribution in [0.5, 0.6) is 0 Å². The molecule has 3 N–H and O–H groups in total. The molecule has 0 aliphatic rings. The summed E-state index contributed by atoms with van der Waals surface area (Å²) in [6.07, 6.45) is 1.54. The van der Waals surface area contributed by atoms with Gasteiger partial charge in [-0.2, -0.15) is 10.1 Å². The molecule has 2 rings (SSSR count). The molecule has 2 amide bonds. The first-order valence-electron chi connectivity index (χ1n) is 7.06. The number of anilines is 1. The van der Waals surface area contributed by atoms with E-state index in [0.717, 1.165) is 5.56 Å². The van der Waals surface area contributed by atoms with Crippen molar-refractivity contribution in [3.63, 3.8) is 0 Å². The van der Waals surface area contributed by atoms with Gasteiger partial charge in [0.2, 0.25) is 17.8 Å². The van der Waals surface area contributed by atoms with Crippen LogP contribution in [0.4, 0.5) is 5.95 Å². The monoisotopic (exact) mass is 301 g/mol. The predicted octanol–water partition coefficient (Wildman–Crippen LogP) is 1.13. The minimum Gasteiger partial charge on any atom is -0.344 e. The van der Waals surface area contributed by atoms with Crippen molar-refractivity contribution in [2.24, 2.45) is 5.92 Å². The Kier molecular flexibility index (Phi) is 5.24. The number of rotatable bonds is 6. The molecule has 22 heavy (non-hydrogen) atoms. The molecular weight excluding hydrogens is 282 g/mol. The molecule has 2 aromatic rings. The van der Waals surface area contributed by atoms with Crippen LogP contribution in [0.25, 0.3) is 0 Å². The van der Waals surface area contributed by atoms with Gasteiger partial charge in [-0.25, -0.2) is 5.10 Å². The van der Waals surface area contributed by atoms with Gasteiger partial charge in [-0.05, 0) is 11.5 Å². The van der Waals surface area contributed by atoms with E-state index in [1.54, 1.807) is 0 Å². The molecule has 0 radical (unpaired) electrons. The first kappa shape index (κ1) is 15.7. The topological polar surface area (TPSA) is 99.8 Å². The normalized spacial score (nSPS) is 12.0. The third kappa shape index (κ3) is 4.41. The van der Waals surface area contributed by atoms with Crippen molar-refractivity contribution in [1.29, 1.82) is 0 Å². The fourth-order valence-corrected chi connectivity index (χ4v) is 2.00. The molecule has 0 saturated heterocycles. The van der Waals surface area contributed by atoms with Gasteiger partial charge in [0.15, 0.2) is 0 Å². The second-order valence-corrected chi connectivity index (χ2v) is 5.27. The first-order valence-corrected chi connectivity index (χ1v) is 7.06. The van der Waals surface area contributed by atoms with Crippen LogP contribution in [0, 0.1) is 5.92 Å². The van der Waals surface area contributed by atoms with E-state index in [1.165, 1.54) is 6.33 Å². The van der Waals surface area contributed by atoms with E-state index in [9.17, 15) is 9.59 Å². The minimum absolute atomic E-state index is 0.0531. The Morgan fingerprint density at radius 1 is 1.23 bits per heavy atom. The van der Waals surface area contributed by atoms with Crippen molar-refractivity contribution in [3.05, 3.63) is 42.2 Å². The highest BCUT2D eigenvalue weighted by Gasteiger charge is 2.24. The van der Waals surface area contributed by atoms with Crippen molar-refractivity contribution in [2.75, 3.05) is 5.32 Å². The highest BCUT2D eigenvalue weighted by atomic mass is 16.2. The molecule has 0 aliphatic carbocycles. The number of carbonyl (C=O) groups excluding carboxylic acids is 2. The lowest BCUT2D eigenvalue weighted by molar-refractivity contribution is -0.127. The molecule has 0 fully saturated rings. The third-order valence-corrected chi connectivity index (χ3v) is 3.13. The number of nitrogens with zero attached hydrogens (tertiary/aromatic N) is 2. The maximum Gasteiger partial charge on any atom is 0.249 e. The number of H-pyrrole nitrogens is 1. The van der Waals surface area contributed by atoms with E-state index >= 15 is 0 Å². The summed E-state index contributed by atoms with van der Waals surface area (Å²) in [6.45, 7) is 3.74. The number of carbonyl (C=O) groups is 2. The average Bonchev–Trinajstić information content (AvgIpc) is 2.98. The number of amides is 2. The zero-order valence-corrected chi connectivity index (χ0v) is 12.5. The molecule has 7 nitrogen and oxygen atoms in total. The Morgan fingerprint density at radius 2 is 1.95 bits per heavy atom. The van der Waals surface area contributed by atoms with Crippen LogP contribution in [0.15, 0.2) is 36.7 Å². The van der Waals surface area contributed by atoms with Crippen LogP contribution >= 0.6 is 0 Å². The Balaban J connectivity index is 1.96. The molecule has 0 spiro atoms. The van der Waals surface area contributed by atoms with Crippen molar-refractivity contribution in [1.82, 2.24) is 20.5 Å². The Bertz CT molecular complexity index is 610. The molecule has 0 unspecified atom stereocenters. The minimum atomic E-state index is -0.638. The lowest BCUT2D eigenvalue weighted by Gasteiger charge is -2.21. The van der Waals surface area contributed by atoms with E-state index < -0.39 is 6.04 Å². The maximum atomic E-state index is 12.2. The summed E-state index contributed by atoms with van der Waals surface area (Å²) in [7, 11) is 0. The summed E-state index contributed by atoms with van der Waals surface area (Å²) < 4.78 is 0. The zero-order valence-electron chi connectivity index (χ0n) is 12.5. The predicted molar refractivity (Wildman–Crippen MR) is 81.9 cm³/mol. The van der Waals surface area contributed by atoms with Gasteiger partial charge in [0.05, 0.1) is 6.42 Å². The van der Waals surface area contributed by atoms with Crippen molar-refractivity contribution < 1.29 is 9.59 Å². The average molecular weight is 301 g/mol. The van der Waals surface area contributed by atoms with Gasteiger partial charge >= 0.3 is 0 Å². The molecule has 1 aromatic heterocycles. The molecule has 1 aromatic carbocycles. The summed E-state index contributed by atoms with van der Waals surface area (Å²) in [6, 6.07) is 8.75. The SMILES string of the molecule is CC(C)[C@H](NC(=O)Cc1ccccc1)C(=O)Nc1ncn[nH]1. The van der Waals surface area contributed by atoms with Crippen molar-refractivity contribution >= 4 is 17.8 Å². The summed E-state index contributed by atoms with van der Waals surface area (Å²) >= 11 is 0. The van der Waals surface area contributed by atoms with E-state index in [4.69, 9.17) is 0 Å². The lowest BCUT2D eigenvalue weighted by Crippen LogP contribution is -2.47. The number of nitrogens with one attached hydrogen (secondary N) is 3. The van der Waals surface area contributed by atoms with E-state index in [-0.39, 0.29) is 30.1 Å². The van der Waals surface area contributed by atoms with Gasteiger partial charge in [0.25, 0.3) is 0 Å². The summed E-state index contributed by atoms with van der Waals surface area (Å²) in [5.74, 6) is -0.318. The molecule has 1 atom stereocenters. The highest BCUT2D eigenvalue weighted by Crippen LogP contribution is 2.06. The smallest absolute Gasteiger partial charge is 0.249 e. The van der Waals surface area contributed by atoms with Gasteiger partial charge in [0.1, 0.15) is 12.4 Å². The van der Waals surface area contributed by atoms with Crippen LogP contribution in [0.2, 0.25) is 0 Å². The van der Waals surface area contributed by atoms with Crippen molar-refractivity contribution in [2.45, 2.75) is 26.3 Å². The second kappa shape index (κ2) is 7.35. The Labute approximate surface area is 128 Å². The molecule has 7 heteroatoms. The molecular formula is C15H19N5O2. The standard InChI is InChI=1S/C15H19N5O2/c1-10(2)13(14(22)19-15-16-9-17-20-15)18-12(21)8-11-6-4-3-5-7-11/h3-7,9-10,13H,8H2,1-2H3,(H,18,21)(H2,16,17,19,20,22)/t13-/m0/s1. The molecule has 1 heterocycles. The van der Waals surface area contributed by atoms with Gasteiger partial charge in [-0.3, -0.25) is 14.9 Å². The van der Waals surface area contributed by atoms with E-state index in [2.05, 4.69) is 25.8 Å². The summed E-state index contributed by atoms with van der Waals surface area (Å²) in [4.78, 5) is 28.2. The van der Waals surface area contributed by atoms with Crippen LogP contribution < -0.4 is 10.6 Å². The van der Waals surface area contributed by atoms with Gasteiger partial charge < -0.3 is 5.32 Å². The third-order valence-electron chi connectivity index (χ3n) is 3.13. The summed E-state index contributed by atoms with van der Waals surface area (Å²) in [5, 5.41) is 11.6. The molecule has 0 bridgehead atoms. The quantitative estimate of drug-likeness (QED) is 0.744. The number of aromatic nitrogens is 3. The Hall–Kier alpha value is -2.70. The van der Waals surface area contributed by atoms with Crippen LogP contribution in [-0.2, 0) is 16.0 Å². The van der Waals surface area contributed by atoms with Crippen molar-refractivity contribution in [3.8, 4) is 0 Å². The number of aromatic amines is 1. The largest absolute Gasteiger partial charge is 0.344 e. The fourth-order valence-electron chi connectivity index (χ4n) is 2.00. The van der Waals surface area contributed by atoms with Crippen LogP contribution in [-0.4, -0.2) is 33.0 Å². The molecule has 116 valence electrons. The van der Waals surface area contributed by atoms with Crippen LogP contribution in [0.1, 0.15) is 19.4 Å². The number of hydrogen-bond acceptors (Lipinski definition) is 4. The summed E-state index contributed by atoms with van der Waals surface area (Å²) in [5.41, 5.74) is 0.901. The first-order chi connectivity index (χ1) is 10.6. The number of benzene rings is 1. The van der Waals surface area contributed by atoms with Gasteiger partial charge in [-0.1, -0.05) is 44.2 Å².